The molecule has 0 aliphatic heterocycles. The molecule has 1 aromatic carbocycles. The summed E-state index contributed by atoms with van der Waals surface area (Å²) in [6.07, 6.45) is -0.113. The fraction of sp³-hybridized carbons (Fsp3) is 0.600. The van der Waals surface area contributed by atoms with E-state index in [2.05, 4.69) is 13.8 Å². The van der Waals surface area contributed by atoms with Gasteiger partial charge < -0.3 is 19.9 Å². The Balaban J connectivity index is 2.40. The first-order valence-electron chi connectivity index (χ1n) is 6.70. The van der Waals surface area contributed by atoms with E-state index in [0.717, 1.165) is 17.9 Å². The monoisotopic (exact) mass is 267 g/mol. The molecule has 1 atom stereocenters. The third kappa shape index (κ3) is 6.05. The van der Waals surface area contributed by atoms with E-state index in [-0.39, 0.29) is 6.10 Å². The molecule has 4 nitrogen and oxygen atoms in total. The number of hydrogen-bond donors (Lipinski definition) is 1. The number of methoxy groups -OCH3 is 1. The molecule has 0 aliphatic carbocycles. The average Bonchev–Trinajstić information content (AvgIpc) is 2.42. The summed E-state index contributed by atoms with van der Waals surface area (Å²) in [5, 5.41) is 0. The van der Waals surface area contributed by atoms with E-state index >= 15 is 0 Å². The highest BCUT2D eigenvalue weighted by Gasteiger charge is 2.10. The van der Waals surface area contributed by atoms with Crippen molar-refractivity contribution in [3.8, 4) is 5.75 Å². The summed E-state index contributed by atoms with van der Waals surface area (Å²) < 4.78 is 16.4. The summed E-state index contributed by atoms with van der Waals surface area (Å²) >= 11 is 0. The van der Waals surface area contributed by atoms with Crippen LogP contribution in [0.5, 0.6) is 5.75 Å². The zero-order chi connectivity index (χ0) is 14.1. The Morgan fingerprint density at radius 3 is 2.63 bits per heavy atom. The van der Waals surface area contributed by atoms with Crippen LogP contribution >= 0.6 is 0 Å². The second kappa shape index (κ2) is 8.91. The van der Waals surface area contributed by atoms with Crippen LogP contribution in [-0.4, -0.2) is 33.5 Å². The van der Waals surface area contributed by atoms with Crippen molar-refractivity contribution in [2.45, 2.75) is 20.0 Å². The van der Waals surface area contributed by atoms with Crippen molar-refractivity contribution in [3.05, 3.63) is 29.8 Å². The maximum Gasteiger partial charge on any atom is 0.119 e. The molecule has 0 heterocycles. The molecule has 4 heteroatoms. The van der Waals surface area contributed by atoms with E-state index in [1.165, 1.54) is 0 Å². The van der Waals surface area contributed by atoms with Crippen molar-refractivity contribution >= 4 is 0 Å². The number of ether oxygens (including phenoxy) is 3. The number of rotatable bonds is 9. The quantitative estimate of drug-likeness (QED) is 0.698. The molecule has 1 unspecified atom stereocenters. The van der Waals surface area contributed by atoms with Crippen LogP contribution in [0.2, 0.25) is 0 Å². The van der Waals surface area contributed by atoms with Crippen molar-refractivity contribution in [2.24, 2.45) is 11.7 Å². The Kier molecular flexibility index (Phi) is 7.48. The first-order valence-corrected chi connectivity index (χ1v) is 6.70. The molecule has 108 valence electrons. The Labute approximate surface area is 115 Å². The third-order valence-corrected chi connectivity index (χ3v) is 2.68. The molecular weight excluding hydrogens is 242 g/mol. The lowest BCUT2D eigenvalue weighted by atomic mass is 10.1. The topological polar surface area (TPSA) is 53.7 Å². The summed E-state index contributed by atoms with van der Waals surface area (Å²) in [5.74, 6) is 1.36. The fourth-order valence-corrected chi connectivity index (χ4v) is 1.71. The van der Waals surface area contributed by atoms with Gasteiger partial charge in [0.1, 0.15) is 5.75 Å². The van der Waals surface area contributed by atoms with Crippen LogP contribution in [0.15, 0.2) is 24.3 Å². The molecule has 1 rings (SSSR count). The third-order valence-electron chi connectivity index (χ3n) is 2.68. The van der Waals surface area contributed by atoms with Crippen LogP contribution in [0.25, 0.3) is 0 Å². The maximum atomic E-state index is 5.75. The molecule has 1 aromatic rings. The Morgan fingerprint density at radius 1 is 1.21 bits per heavy atom. The molecule has 0 amide bonds. The van der Waals surface area contributed by atoms with Gasteiger partial charge in [0.2, 0.25) is 0 Å². The number of nitrogens with two attached hydrogens (primary N) is 1. The lowest BCUT2D eigenvalue weighted by Gasteiger charge is -2.17. The van der Waals surface area contributed by atoms with Gasteiger partial charge in [-0.2, -0.15) is 0 Å². The van der Waals surface area contributed by atoms with Gasteiger partial charge in [-0.15, -0.1) is 0 Å². The van der Waals surface area contributed by atoms with Gasteiger partial charge in [-0.1, -0.05) is 26.0 Å². The molecule has 0 aliphatic rings. The Hall–Kier alpha value is -1.10. The molecular formula is C15H25NO3. The molecule has 0 aromatic heterocycles. The van der Waals surface area contributed by atoms with E-state index in [9.17, 15) is 0 Å². The van der Waals surface area contributed by atoms with Gasteiger partial charge in [-0.25, -0.2) is 0 Å². The first kappa shape index (κ1) is 16.0. The van der Waals surface area contributed by atoms with E-state index < -0.39 is 0 Å². The Bertz CT molecular complexity index is 355. The van der Waals surface area contributed by atoms with Crippen LogP contribution in [0.4, 0.5) is 0 Å². The second-order valence-corrected chi connectivity index (χ2v) is 4.84. The second-order valence-electron chi connectivity index (χ2n) is 4.84. The zero-order valence-corrected chi connectivity index (χ0v) is 12.1. The highest BCUT2D eigenvalue weighted by molar-refractivity contribution is 5.30. The summed E-state index contributed by atoms with van der Waals surface area (Å²) in [4.78, 5) is 0. The number of benzene rings is 1. The highest BCUT2D eigenvalue weighted by Crippen LogP contribution is 2.21. The van der Waals surface area contributed by atoms with E-state index in [0.29, 0.717) is 25.7 Å². The largest absolute Gasteiger partial charge is 0.497 e. The van der Waals surface area contributed by atoms with Crippen molar-refractivity contribution in [3.63, 3.8) is 0 Å². The van der Waals surface area contributed by atoms with Crippen molar-refractivity contribution in [2.75, 3.05) is 33.5 Å². The predicted molar refractivity (Wildman–Crippen MR) is 76.4 cm³/mol. The normalized spacial score (nSPS) is 12.7. The molecule has 2 N–H and O–H groups in total. The first-order chi connectivity index (χ1) is 9.17. The Morgan fingerprint density at radius 2 is 2.00 bits per heavy atom. The van der Waals surface area contributed by atoms with E-state index in [1.54, 1.807) is 7.11 Å². The molecule has 0 saturated carbocycles. The van der Waals surface area contributed by atoms with Crippen LogP contribution in [0, 0.1) is 5.92 Å². The van der Waals surface area contributed by atoms with Gasteiger partial charge in [0, 0.05) is 13.2 Å². The van der Waals surface area contributed by atoms with Crippen molar-refractivity contribution < 1.29 is 14.2 Å². The van der Waals surface area contributed by atoms with Gasteiger partial charge in [0.05, 0.1) is 26.4 Å². The van der Waals surface area contributed by atoms with Crippen molar-refractivity contribution in [1.29, 1.82) is 0 Å². The van der Waals surface area contributed by atoms with Gasteiger partial charge in [0.15, 0.2) is 0 Å². The van der Waals surface area contributed by atoms with E-state index in [1.807, 2.05) is 24.3 Å². The average molecular weight is 267 g/mol. The lowest BCUT2D eigenvalue weighted by Crippen LogP contribution is -2.18. The maximum absolute atomic E-state index is 5.75. The van der Waals surface area contributed by atoms with Crippen molar-refractivity contribution in [1.82, 2.24) is 0 Å². The van der Waals surface area contributed by atoms with E-state index in [4.69, 9.17) is 19.9 Å². The minimum absolute atomic E-state index is 0.113. The molecule has 0 fully saturated rings. The fourth-order valence-electron chi connectivity index (χ4n) is 1.71. The standard InChI is InChI=1S/C15H25NO3/c1-12(2)11-18-7-8-19-15(10-16)13-5-4-6-14(9-13)17-3/h4-6,9,12,15H,7-8,10-11,16H2,1-3H3. The van der Waals surface area contributed by atoms with Crippen LogP contribution in [0.3, 0.4) is 0 Å². The molecule has 0 radical (unpaired) electrons. The SMILES string of the molecule is COc1cccc(C(CN)OCCOCC(C)C)c1. The smallest absolute Gasteiger partial charge is 0.119 e. The van der Waals surface area contributed by atoms with Gasteiger partial charge in [-0.3, -0.25) is 0 Å². The molecule has 0 saturated heterocycles. The van der Waals surface area contributed by atoms with Gasteiger partial charge >= 0.3 is 0 Å². The summed E-state index contributed by atoms with van der Waals surface area (Å²) in [7, 11) is 1.65. The van der Waals surface area contributed by atoms with Crippen LogP contribution < -0.4 is 10.5 Å². The van der Waals surface area contributed by atoms with Crippen LogP contribution in [-0.2, 0) is 9.47 Å². The minimum atomic E-state index is -0.113. The minimum Gasteiger partial charge on any atom is -0.497 e. The molecule has 0 spiro atoms. The van der Waals surface area contributed by atoms with Crippen LogP contribution in [0.1, 0.15) is 25.5 Å². The predicted octanol–water partition coefficient (Wildman–Crippen LogP) is 2.38. The summed E-state index contributed by atoms with van der Waals surface area (Å²) in [6.45, 7) is 6.59. The number of hydrogen-bond acceptors (Lipinski definition) is 4. The lowest BCUT2D eigenvalue weighted by molar-refractivity contribution is 0.00172. The van der Waals surface area contributed by atoms with Gasteiger partial charge in [0.25, 0.3) is 0 Å². The van der Waals surface area contributed by atoms with Gasteiger partial charge in [-0.05, 0) is 23.6 Å². The summed E-state index contributed by atoms with van der Waals surface area (Å²) in [5.41, 5.74) is 6.79. The molecule has 0 bridgehead atoms. The molecule has 19 heavy (non-hydrogen) atoms. The highest BCUT2D eigenvalue weighted by atomic mass is 16.5. The zero-order valence-electron chi connectivity index (χ0n) is 12.1. The summed E-state index contributed by atoms with van der Waals surface area (Å²) in [6, 6.07) is 7.79.